The first-order valence-corrected chi connectivity index (χ1v) is 10.7. The Morgan fingerprint density at radius 1 is 0.625 bits per heavy atom. The van der Waals surface area contributed by atoms with Gasteiger partial charge in [0, 0.05) is 11.1 Å². The van der Waals surface area contributed by atoms with Crippen molar-refractivity contribution >= 4 is 17.1 Å². The van der Waals surface area contributed by atoms with Crippen molar-refractivity contribution in [3.63, 3.8) is 0 Å². The minimum absolute atomic E-state index is 0.397. The van der Waals surface area contributed by atoms with E-state index in [1.165, 1.54) is 0 Å². The number of para-hydroxylation sites is 2. The van der Waals surface area contributed by atoms with Crippen LogP contribution in [0.5, 0.6) is 0 Å². The van der Waals surface area contributed by atoms with E-state index in [2.05, 4.69) is 58.7 Å². The molecule has 0 aromatic heterocycles. The fraction of sp³-hybridized carbons (Fsp3) is 0.0741. The van der Waals surface area contributed by atoms with Gasteiger partial charge in [-0.1, -0.05) is 102 Å². The SMILES string of the molecule is c1ccc(C2=NN(c3ccccc3)N3N(c4ccccc4)COC23c2ccccc2)cc1. The molecule has 2 heterocycles. The van der Waals surface area contributed by atoms with Crippen molar-refractivity contribution in [1.82, 2.24) is 5.12 Å². The minimum atomic E-state index is -0.895. The summed E-state index contributed by atoms with van der Waals surface area (Å²) in [5.74, 6) is 0. The van der Waals surface area contributed by atoms with E-state index in [0.29, 0.717) is 6.73 Å². The molecule has 0 N–H and O–H groups in total. The third kappa shape index (κ3) is 2.83. The van der Waals surface area contributed by atoms with Gasteiger partial charge in [0.05, 0.1) is 11.4 Å². The molecular weight excluding hydrogens is 396 g/mol. The van der Waals surface area contributed by atoms with Crippen LogP contribution in [0.15, 0.2) is 126 Å². The molecule has 32 heavy (non-hydrogen) atoms. The van der Waals surface area contributed by atoms with Gasteiger partial charge in [-0.25, -0.2) is 0 Å². The molecule has 1 saturated heterocycles. The summed E-state index contributed by atoms with van der Waals surface area (Å²) in [6.45, 7) is 0.397. The fourth-order valence-electron chi connectivity index (χ4n) is 4.40. The van der Waals surface area contributed by atoms with Crippen molar-refractivity contribution in [1.29, 1.82) is 0 Å². The Morgan fingerprint density at radius 3 is 1.78 bits per heavy atom. The molecule has 0 spiro atoms. The molecule has 0 saturated carbocycles. The van der Waals surface area contributed by atoms with Crippen molar-refractivity contribution < 1.29 is 4.74 Å². The highest BCUT2D eigenvalue weighted by molar-refractivity contribution is 6.09. The van der Waals surface area contributed by atoms with Gasteiger partial charge >= 0.3 is 0 Å². The van der Waals surface area contributed by atoms with E-state index in [1.807, 2.05) is 77.9 Å². The maximum Gasteiger partial charge on any atom is 0.233 e. The van der Waals surface area contributed by atoms with Crippen LogP contribution in [-0.2, 0) is 10.5 Å². The topological polar surface area (TPSA) is 31.3 Å². The summed E-state index contributed by atoms with van der Waals surface area (Å²) in [4.78, 5) is 0. The molecule has 2 aliphatic rings. The molecule has 2 aliphatic heterocycles. The average molecular weight is 419 g/mol. The van der Waals surface area contributed by atoms with E-state index in [4.69, 9.17) is 9.84 Å². The smallest absolute Gasteiger partial charge is 0.233 e. The van der Waals surface area contributed by atoms with Crippen LogP contribution in [0.4, 0.5) is 11.4 Å². The molecule has 0 bridgehead atoms. The Morgan fingerprint density at radius 2 is 1.16 bits per heavy atom. The molecule has 1 atom stereocenters. The second kappa shape index (κ2) is 7.64. The van der Waals surface area contributed by atoms with Crippen molar-refractivity contribution in [3.8, 4) is 0 Å². The number of rotatable bonds is 4. The van der Waals surface area contributed by atoms with Crippen molar-refractivity contribution in [2.75, 3.05) is 16.9 Å². The van der Waals surface area contributed by atoms with E-state index < -0.39 is 5.72 Å². The van der Waals surface area contributed by atoms with Crippen LogP contribution in [-0.4, -0.2) is 17.6 Å². The van der Waals surface area contributed by atoms with Crippen molar-refractivity contribution in [2.45, 2.75) is 5.72 Å². The van der Waals surface area contributed by atoms with E-state index in [1.54, 1.807) is 0 Å². The number of ether oxygens (including phenoxy) is 1. The summed E-state index contributed by atoms with van der Waals surface area (Å²) in [6.07, 6.45) is 0. The van der Waals surface area contributed by atoms with Crippen LogP contribution >= 0.6 is 0 Å². The maximum atomic E-state index is 6.72. The van der Waals surface area contributed by atoms with Gasteiger partial charge in [0.25, 0.3) is 0 Å². The zero-order valence-electron chi connectivity index (χ0n) is 17.5. The Bertz CT molecular complexity index is 1230. The predicted octanol–water partition coefficient (Wildman–Crippen LogP) is 5.39. The molecule has 5 heteroatoms. The lowest BCUT2D eigenvalue weighted by atomic mass is 9.93. The summed E-state index contributed by atoms with van der Waals surface area (Å²) >= 11 is 0. The standard InChI is InChI=1S/C27H22N4O/c1-5-13-22(14-6-1)26-27(23-15-7-2-8-16-23)31(30(28-26)25-19-11-4-12-20-25)29(21-32-27)24-17-9-3-10-18-24/h1-20H,21H2. The lowest BCUT2D eigenvalue weighted by Crippen LogP contribution is -2.54. The molecule has 6 rings (SSSR count). The Kier molecular flexibility index (Phi) is 4.49. The first kappa shape index (κ1) is 18.8. The van der Waals surface area contributed by atoms with Crippen LogP contribution < -0.4 is 10.1 Å². The first-order chi connectivity index (χ1) is 15.9. The summed E-state index contributed by atoms with van der Waals surface area (Å²) in [5, 5.41) is 11.4. The molecular formula is C27H22N4O. The van der Waals surface area contributed by atoms with Gasteiger partial charge in [0.15, 0.2) is 0 Å². The zero-order chi connectivity index (χ0) is 21.4. The van der Waals surface area contributed by atoms with Gasteiger partial charge < -0.3 is 4.74 Å². The molecule has 4 aromatic rings. The third-order valence-electron chi connectivity index (χ3n) is 5.85. The van der Waals surface area contributed by atoms with E-state index in [0.717, 1.165) is 28.2 Å². The van der Waals surface area contributed by atoms with Crippen molar-refractivity contribution in [2.24, 2.45) is 5.10 Å². The molecule has 4 aromatic carbocycles. The van der Waals surface area contributed by atoms with Crippen LogP contribution in [0.25, 0.3) is 0 Å². The number of benzene rings is 4. The largest absolute Gasteiger partial charge is 0.325 e. The highest BCUT2D eigenvalue weighted by atomic mass is 16.6. The lowest BCUT2D eigenvalue weighted by Gasteiger charge is -2.38. The Labute approximate surface area is 187 Å². The average Bonchev–Trinajstić information content (AvgIpc) is 3.43. The number of anilines is 2. The quantitative estimate of drug-likeness (QED) is 0.445. The maximum absolute atomic E-state index is 6.72. The number of fused-ring (bicyclic) bond motifs is 1. The monoisotopic (exact) mass is 418 g/mol. The Hall–Kier alpha value is -3.93. The van der Waals surface area contributed by atoms with Gasteiger partial charge in [-0.05, 0) is 24.3 Å². The van der Waals surface area contributed by atoms with Gasteiger partial charge in [0.1, 0.15) is 12.4 Å². The zero-order valence-corrected chi connectivity index (χ0v) is 17.5. The summed E-state index contributed by atoms with van der Waals surface area (Å²) < 4.78 is 6.72. The molecule has 1 unspecified atom stereocenters. The molecule has 0 amide bonds. The first-order valence-electron chi connectivity index (χ1n) is 10.7. The number of hydrazone groups is 1. The van der Waals surface area contributed by atoms with E-state index in [9.17, 15) is 0 Å². The van der Waals surface area contributed by atoms with Gasteiger partial charge in [-0.3, -0.25) is 5.01 Å². The Balaban J connectivity index is 1.60. The van der Waals surface area contributed by atoms with Gasteiger partial charge in [-0.15, -0.1) is 0 Å². The van der Waals surface area contributed by atoms with E-state index in [-0.39, 0.29) is 0 Å². The molecule has 5 nitrogen and oxygen atoms in total. The third-order valence-corrected chi connectivity index (χ3v) is 5.85. The fourth-order valence-corrected chi connectivity index (χ4v) is 4.40. The van der Waals surface area contributed by atoms with Crippen LogP contribution in [0.2, 0.25) is 0 Å². The lowest BCUT2D eigenvalue weighted by molar-refractivity contribution is -0.0201. The summed E-state index contributed by atoms with van der Waals surface area (Å²) in [6, 6.07) is 41.1. The number of hydrazine groups is 2. The number of nitrogens with zero attached hydrogens (tertiary/aromatic N) is 4. The predicted molar refractivity (Wildman–Crippen MR) is 127 cm³/mol. The number of hydrogen-bond donors (Lipinski definition) is 0. The normalized spacial score (nSPS) is 20.3. The van der Waals surface area contributed by atoms with E-state index >= 15 is 0 Å². The van der Waals surface area contributed by atoms with Crippen LogP contribution in [0, 0.1) is 0 Å². The van der Waals surface area contributed by atoms with Crippen LogP contribution in [0.3, 0.4) is 0 Å². The van der Waals surface area contributed by atoms with Crippen molar-refractivity contribution in [3.05, 3.63) is 132 Å². The number of hydrogen-bond acceptors (Lipinski definition) is 5. The summed E-state index contributed by atoms with van der Waals surface area (Å²) in [7, 11) is 0. The highest BCUT2D eigenvalue weighted by Gasteiger charge is 2.60. The summed E-state index contributed by atoms with van der Waals surface area (Å²) in [5.41, 5.74) is 4.01. The molecule has 0 aliphatic carbocycles. The highest BCUT2D eigenvalue weighted by Crippen LogP contribution is 2.47. The second-order valence-corrected chi connectivity index (χ2v) is 7.75. The molecule has 0 radical (unpaired) electrons. The van der Waals surface area contributed by atoms with Gasteiger partial charge in [0.2, 0.25) is 5.72 Å². The van der Waals surface area contributed by atoms with Gasteiger partial charge in [-0.2, -0.15) is 10.2 Å². The van der Waals surface area contributed by atoms with Crippen LogP contribution in [0.1, 0.15) is 11.1 Å². The minimum Gasteiger partial charge on any atom is -0.325 e. The molecule has 156 valence electrons. The molecule has 1 fully saturated rings. The second-order valence-electron chi connectivity index (χ2n) is 7.75.